The average molecular weight is 389 g/mol. The van der Waals surface area contributed by atoms with Gasteiger partial charge in [-0.3, -0.25) is 0 Å². The van der Waals surface area contributed by atoms with Crippen LogP contribution in [0.3, 0.4) is 0 Å². The van der Waals surface area contributed by atoms with Crippen LogP contribution in [0.25, 0.3) is 44.3 Å². The molecule has 5 aromatic rings. The van der Waals surface area contributed by atoms with Crippen molar-refractivity contribution < 1.29 is 8.98 Å². The maximum Gasteiger partial charge on any atom is 0.216 e. The van der Waals surface area contributed by atoms with Crippen LogP contribution in [0.15, 0.2) is 77.3 Å². The summed E-state index contributed by atoms with van der Waals surface area (Å²) < 4.78 is 8.52. The molecule has 0 aliphatic rings. The van der Waals surface area contributed by atoms with Crippen LogP contribution in [0.2, 0.25) is 0 Å². The molecule has 30 heavy (non-hydrogen) atoms. The molecule has 0 bridgehead atoms. The van der Waals surface area contributed by atoms with Gasteiger partial charge in [0.2, 0.25) is 5.69 Å². The van der Waals surface area contributed by atoms with Gasteiger partial charge in [-0.1, -0.05) is 35.9 Å². The zero-order valence-electron chi connectivity index (χ0n) is 17.2. The summed E-state index contributed by atoms with van der Waals surface area (Å²) in [5.41, 5.74) is 8.80. The molecule has 0 amide bonds. The minimum Gasteiger partial charge on any atom is -0.455 e. The predicted molar refractivity (Wildman–Crippen MR) is 120 cm³/mol. The quantitative estimate of drug-likeness (QED) is 0.336. The number of aryl methyl sites for hydroxylation is 3. The van der Waals surface area contributed by atoms with E-state index in [4.69, 9.17) is 4.42 Å². The minimum absolute atomic E-state index is 0.645. The summed E-state index contributed by atoms with van der Waals surface area (Å²) in [5.74, 6) is 0. The molecule has 0 saturated carbocycles. The topological polar surface area (TPSA) is 40.8 Å². The molecule has 0 saturated heterocycles. The maximum absolute atomic E-state index is 9.82. The molecule has 3 heteroatoms. The number of hydrogen-bond acceptors (Lipinski definition) is 2. The molecular weight excluding hydrogens is 368 g/mol. The third kappa shape index (κ3) is 2.77. The largest absolute Gasteiger partial charge is 0.455 e. The van der Waals surface area contributed by atoms with E-state index in [2.05, 4.69) is 66.1 Å². The van der Waals surface area contributed by atoms with Crippen molar-refractivity contribution in [3.63, 3.8) is 0 Å². The van der Waals surface area contributed by atoms with Crippen molar-refractivity contribution in [2.75, 3.05) is 0 Å². The minimum atomic E-state index is 0.645. The van der Waals surface area contributed by atoms with Crippen molar-refractivity contribution in [1.82, 2.24) is 0 Å². The van der Waals surface area contributed by atoms with Crippen LogP contribution in [-0.2, 0) is 7.05 Å². The number of fused-ring (bicyclic) bond motifs is 3. The smallest absolute Gasteiger partial charge is 0.216 e. The van der Waals surface area contributed by atoms with Crippen molar-refractivity contribution in [2.45, 2.75) is 13.8 Å². The summed E-state index contributed by atoms with van der Waals surface area (Å²) in [4.78, 5) is 0. The predicted octanol–water partition coefficient (Wildman–Crippen LogP) is 6.23. The molecule has 5 rings (SSSR count). The van der Waals surface area contributed by atoms with Gasteiger partial charge in [0, 0.05) is 22.9 Å². The van der Waals surface area contributed by atoms with Crippen molar-refractivity contribution >= 4 is 21.9 Å². The molecule has 0 radical (unpaired) electrons. The van der Waals surface area contributed by atoms with E-state index in [0.717, 1.165) is 49.9 Å². The average Bonchev–Trinajstić information content (AvgIpc) is 3.13. The Kier molecular flexibility index (Phi) is 4.15. The first kappa shape index (κ1) is 18.1. The summed E-state index contributed by atoms with van der Waals surface area (Å²) in [7, 11) is 2.02. The van der Waals surface area contributed by atoms with E-state index in [1.807, 2.05) is 38.4 Å². The van der Waals surface area contributed by atoms with Crippen LogP contribution >= 0.6 is 0 Å². The Morgan fingerprint density at radius 3 is 2.40 bits per heavy atom. The number of benzene rings is 3. The van der Waals surface area contributed by atoms with Crippen molar-refractivity contribution in [3.8, 4) is 28.5 Å². The lowest BCUT2D eigenvalue weighted by molar-refractivity contribution is -0.660. The first-order chi connectivity index (χ1) is 14.6. The second kappa shape index (κ2) is 6.86. The molecule has 3 aromatic carbocycles. The molecule has 2 aromatic heterocycles. The van der Waals surface area contributed by atoms with E-state index < -0.39 is 0 Å². The van der Waals surface area contributed by atoms with Crippen LogP contribution < -0.4 is 4.57 Å². The van der Waals surface area contributed by atoms with E-state index >= 15 is 0 Å². The van der Waals surface area contributed by atoms with Crippen LogP contribution in [-0.4, -0.2) is 0 Å². The highest BCUT2D eigenvalue weighted by Gasteiger charge is 2.23. The first-order valence-electron chi connectivity index (χ1n) is 9.99. The Hall–Kier alpha value is -3.90. The SMILES string of the molecule is Cc1ccc(-c2ccc3c(c2)oc2c(-c4cccc[n+]4C)c(C)cc(C#N)c23)cc1. The van der Waals surface area contributed by atoms with Crippen LogP contribution in [0.4, 0.5) is 0 Å². The van der Waals surface area contributed by atoms with Gasteiger partial charge >= 0.3 is 0 Å². The third-order valence-electron chi connectivity index (χ3n) is 5.76. The zero-order valence-corrected chi connectivity index (χ0v) is 17.2. The standard InChI is InChI=1S/C27H21N2O/c1-17-7-9-19(10-8-17)20-11-12-22-24(15-20)30-27-25(23-6-4-5-13-29(23)3)18(2)14-21(16-28)26(22)27/h4-15H,1-3H3/q+1. The van der Waals surface area contributed by atoms with Crippen LogP contribution in [0.5, 0.6) is 0 Å². The monoisotopic (exact) mass is 389 g/mol. The summed E-state index contributed by atoms with van der Waals surface area (Å²) in [5, 5.41) is 11.7. The second-order valence-corrected chi connectivity index (χ2v) is 7.81. The highest BCUT2D eigenvalue weighted by atomic mass is 16.3. The van der Waals surface area contributed by atoms with Gasteiger partial charge in [0.05, 0.1) is 17.2 Å². The summed E-state index contributed by atoms with van der Waals surface area (Å²) in [6, 6.07) is 25.2. The summed E-state index contributed by atoms with van der Waals surface area (Å²) >= 11 is 0. The molecule has 2 heterocycles. The van der Waals surface area contributed by atoms with Crippen LogP contribution in [0, 0.1) is 25.2 Å². The molecule has 0 spiro atoms. The highest BCUT2D eigenvalue weighted by molar-refractivity contribution is 6.13. The molecule has 0 N–H and O–H groups in total. The van der Waals surface area contributed by atoms with Gasteiger partial charge in [0.15, 0.2) is 11.8 Å². The van der Waals surface area contributed by atoms with Crippen molar-refractivity contribution in [2.24, 2.45) is 7.05 Å². The fraction of sp³-hybridized carbons (Fsp3) is 0.111. The number of nitriles is 1. The van der Waals surface area contributed by atoms with E-state index in [9.17, 15) is 5.26 Å². The molecule has 0 fully saturated rings. The molecule has 144 valence electrons. The number of furan rings is 1. The van der Waals surface area contributed by atoms with Gasteiger partial charge in [0.25, 0.3) is 0 Å². The van der Waals surface area contributed by atoms with Crippen molar-refractivity contribution in [1.29, 1.82) is 5.26 Å². The Bertz CT molecular complexity index is 1470. The number of hydrogen-bond donors (Lipinski definition) is 0. The fourth-order valence-electron chi connectivity index (χ4n) is 4.20. The van der Waals surface area contributed by atoms with Crippen LogP contribution in [0.1, 0.15) is 16.7 Å². The molecule has 0 atom stereocenters. The summed E-state index contributed by atoms with van der Waals surface area (Å²) in [6.07, 6.45) is 2.02. The number of aromatic nitrogens is 1. The molecule has 3 nitrogen and oxygen atoms in total. The highest BCUT2D eigenvalue weighted by Crippen LogP contribution is 2.40. The third-order valence-corrected chi connectivity index (χ3v) is 5.76. The first-order valence-corrected chi connectivity index (χ1v) is 9.99. The number of rotatable bonds is 2. The molecule has 0 aliphatic carbocycles. The Balaban J connectivity index is 1.84. The van der Waals surface area contributed by atoms with Gasteiger partial charge < -0.3 is 4.42 Å². The lowest BCUT2D eigenvalue weighted by atomic mass is 9.96. The van der Waals surface area contributed by atoms with Crippen molar-refractivity contribution in [3.05, 3.63) is 89.6 Å². The van der Waals surface area contributed by atoms with E-state index in [-0.39, 0.29) is 0 Å². The Labute approximate surface area is 175 Å². The van der Waals surface area contributed by atoms with E-state index in [1.165, 1.54) is 5.56 Å². The molecule has 0 unspecified atom stereocenters. The van der Waals surface area contributed by atoms with Gasteiger partial charge in [-0.15, -0.1) is 0 Å². The lowest BCUT2D eigenvalue weighted by Gasteiger charge is -2.06. The van der Waals surface area contributed by atoms with Gasteiger partial charge in [-0.2, -0.15) is 5.26 Å². The number of nitrogens with zero attached hydrogens (tertiary/aromatic N) is 2. The Morgan fingerprint density at radius 2 is 1.67 bits per heavy atom. The van der Waals surface area contributed by atoms with E-state index in [0.29, 0.717) is 5.56 Å². The second-order valence-electron chi connectivity index (χ2n) is 7.81. The van der Waals surface area contributed by atoms with Gasteiger partial charge in [-0.25, -0.2) is 4.57 Å². The zero-order chi connectivity index (χ0) is 20.8. The Morgan fingerprint density at radius 1 is 0.900 bits per heavy atom. The maximum atomic E-state index is 9.82. The number of pyridine rings is 1. The normalized spacial score (nSPS) is 11.1. The lowest BCUT2D eigenvalue weighted by Crippen LogP contribution is -2.30. The van der Waals surface area contributed by atoms with E-state index in [1.54, 1.807) is 0 Å². The summed E-state index contributed by atoms with van der Waals surface area (Å²) in [6.45, 7) is 4.12. The molecule has 0 aliphatic heterocycles. The molecular formula is C27H21N2O+. The van der Waals surface area contributed by atoms with Gasteiger partial charge in [-0.05, 0) is 54.8 Å². The van der Waals surface area contributed by atoms with Gasteiger partial charge in [0.1, 0.15) is 12.6 Å². The fourth-order valence-corrected chi connectivity index (χ4v) is 4.20.